The smallest absolute Gasteiger partial charge is 0.191 e. The number of nitriles is 1. The molecule has 0 amide bonds. The first-order chi connectivity index (χ1) is 15.7. The van der Waals surface area contributed by atoms with Crippen LogP contribution in [-0.2, 0) is 7.05 Å². The van der Waals surface area contributed by atoms with E-state index in [1.54, 1.807) is 18.0 Å². The summed E-state index contributed by atoms with van der Waals surface area (Å²) < 4.78 is 2.03. The molecule has 164 valence electrons. The number of pyridine rings is 1. The van der Waals surface area contributed by atoms with Crippen LogP contribution >= 0.6 is 11.8 Å². The quantitative estimate of drug-likeness (QED) is 0.407. The summed E-state index contributed by atoms with van der Waals surface area (Å²) >= 11 is 1.76. The fourth-order valence-electron chi connectivity index (χ4n) is 4.92. The highest BCUT2D eigenvalue weighted by Gasteiger charge is 2.41. The van der Waals surface area contributed by atoms with Crippen LogP contribution in [0.1, 0.15) is 18.4 Å². The van der Waals surface area contributed by atoms with E-state index in [0.29, 0.717) is 6.04 Å². The Morgan fingerprint density at radius 2 is 2.09 bits per heavy atom. The summed E-state index contributed by atoms with van der Waals surface area (Å²) in [6, 6.07) is 16.7. The third kappa shape index (κ3) is 4.23. The molecule has 7 nitrogen and oxygen atoms in total. The van der Waals surface area contributed by atoms with Gasteiger partial charge in [-0.3, -0.25) is 4.98 Å². The van der Waals surface area contributed by atoms with Crippen molar-refractivity contribution in [1.82, 2.24) is 24.6 Å². The molecule has 3 aromatic rings. The van der Waals surface area contributed by atoms with Crippen molar-refractivity contribution in [1.29, 1.82) is 5.26 Å². The summed E-state index contributed by atoms with van der Waals surface area (Å²) in [6.45, 7) is 4.49. The first kappa shape index (κ1) is 21.0. The Morgan fingerprint density at radius 3 is 2.94 bits per heavy atom. The summed E-state index contributed by atoms with van der Waals surface area (Å²) in [5.74, 6) is 2.56. The average Bonchev–Trinajstić information content (AvgIpc) is 3.52. The van der Waals surface area contributed by atoms with E-state index >= 15 is 0 Å². The maximum absolute atomic E-state index is 9.22. The van der Waals surface area contributed by atoms with Crippen LogP contribution in [0.2, 0.25) is 0 Å². The van der Waals surface area contributed by atoms with E-state index in [4.69, 9.17) is 0 Å². The first-order valence-corrected chi connectivity index (χ1v) is 12.1. The lowest BCUT2D eigenvalue weighted by Gasteiger charge is -2.27. The molecule has 2 unspecified atom stereocenters. The molecule has 2 aliphatic rings. The Hall–Kier alpha value is -2.89. The lowest BCUT2D eigenvalue weighted by atomic mass is 10.0. The summed E-state index contributed by atoms with van der Waals surface area (Å²) in [7, 11) is 2.00. The van der Waals surface area contributed by atoms with Gasteiger partial charge in [0.25, 0.3) is 0 Å². The predicted octanol–water partition coefficient (Wildman–Crippen LogP) is 3.44. The van der Waals surface area contributed by atoms with Crippen LogP contribution in [0.4, 0.5) is 5.69 Å². The normalized spacial score (nSPS) is 20.4. The summed E-state index contributed by atoms with van der Waals surface area (Å²) in [6.07, 6.45) is 4.14. The number of thioether (sulfide) groups is 1. The molecule has 4 heterocycles. The molecule has 32 heavy (non-hydrogen) atoms. The molecule has 5 rings (SSSR count). The highest BCUT2D eigenvalue weighted by atomic mass is 32.2. The number of anilines is 1. The third-order valence-corrected chi connectivity index (χ3v) is 7.62. The molecule has 2 aliphatic heterocycles. The van der Waals surface area contributed by atoms with Crippen molar-refractivity contribution in [2.45, 2.75) is 24.0 Å². The molecular formula is C24H27N7S. The van der Waals surface area contributed by atoms with Crippen molar-refractivity contribution in [3.05, 3.63) is 54.2 Å². The van der Waals surface area contributed by atoms with Crippen LogP contribution in [0.15, 0.2) is 53.8 Å². The molecule has 2 atom stereocenters. The summed E-state index contributed by atoms with van der Waals surface area (Å²) in [5, 5.41) is 18.8. The van der Waals surface area contributed by atoms with Crippen LogP contribution in [0, 0.1) is 17.2 Å². The van der Waals surface area contributed by atoms with Gasteiger partial charge in [-0.05, 0) is 55.6 Å². The molecule has 0 N–H and O–H groups in total. The Labute approximate surface area is 193 Å². The van der Waals surface area contributed by atoms with Gasteiger partial charge in [0.05, 0.1) is 11.6 Å². The first-order valence-electron chi connectivity index (χ1n) is 11.2. The fourth-order valence-corrected chi connectivity index (χ4v) is 5.75. The highest BCUT2D eigenvalue weighted by molar-refractivity contribution is 7.99. The minimum absolute atomic E-state index is 0.566. The predicted molar refractivity (Wildman–Crippen MR) is 126 cm³/mol. The molecule has 0 bridgehead atoms. The average molecular weight is 446 g/mol. The number of hydrogen-bond acceptors (Lipinski definition) is 7. The molecular weight excluding hydrogens is 418 g/mol. The molecule has 0 spiro atoms. The van der Waals surface area contributed by atoms with Gasteiger partial charge in [0.1, 0.15) is 5.69 Å². The second kappa shape index (κ2) is 9.31. The van der Waals surface area contributed by atoms with Gasteiger partial charge in [-0.25, -0.2) is 0 Å². The monoisotopic (exact) mass is 445 g/mol. The fraction of sp³-hybridized carbons (Fsp3) is 0.417. The molecule has 1 aromatic carbocycles. The van der Waals surface area contributed by atoms with Gasteiger partial charge in [-0.2, -0.15) is 5.26 Å². The molecule has 0 saturated carbocycles. The van der Waals surface area contributed by atoms with Gasteiger partial charge >= 0.3 is 0 Å². The molecule has 2 saturated heterocycles. The Balaban J connectivity index is 1.12. The summed E-state index contributed by atoms with van der Waals surface area (Å²) in [5.41, 5.74) is 2.79. The number of hydrogen-bond donors (Lipinski definition) is 0. The van der Waals surface area contributed by atoms with Crippen molar-refractivity contribution >= 4 is 17.4 Å². The van der Waals surface area contributed by atoms with Crippen LogP contribution in [0.3, 0.4) is 0 Å². The van der Waals surface area contributed by atoms with E-state index < -0.39 is 0 Å². The number of aromatic nitrogens is 4. The molecule has 2 fully saturated rings. The second-order valence-electron chi connectivity index (χ2n) is 8.51. The van der Waals surface area contributed by atoms with Gasteiger partial charge in [-0.1, -0.05) is 23.9 Å². The maximum Gasteiger partial charge on any atom is 0.191 e. The van der Waals surface area contributed by atoms with Crippen molar-refractivity contribution in [2.75, 3.05) is 36.8 Å². The Bertz CT molecular complexity index is 1110. The van der Waals surface area contributed by atoms with E-state index in [1.165, 1.54) is 18.7 Å². The van der Waals surface area contributed by atoms with Gasteiger partial charge in [0.15, 0.2) is 11.0 Å². The number of benzene rings is 1. The van der Waals surface area contributed by atoms with Crippen LogP contribution < -0.4 is 4.90 Å². The summed E-state index contributed by atoms with van der Waals surface area (Å²) in [4.78, 5) is 9.49. The van der Waals surface area contributed by atoms with Crippen molar-refractivity contribution < 1.29 is 0 Å². The largest absolute Gasteiger partial charge is 0.367 e. The molecule has 8 heteroatoms. The number of nitrogens with zero attached hydrogens (tertiary/aromatic N) is 7. The van der Waals surface area contributed by atoms with E-state index in [9.17, 15) is 5.26 Å². The van der Waals surface area contributed by atoms with Crippen LogP contribution in [0.25, 0.3) is 11.5 Å². The van der Waals surface area contributed by atoms with E-state index in [-0.39, 0.29) is 0 Å². The van der Waals surface area contributed by atoms with Gasteiger partial charge in [0, 0.05) is 50.4 Å². The zero-order valence-corrected chi connectivity index (χ0v) is 19.1. The molecule has 0 aliphatic carbocycles. The van der Waals surface area contributed by atoms with Crippen molar-refractivity contribution in [2.24, 2.45) is 13.0 Å². The van der Waals surface area contributed by atoms with E-state index in [0.717, 1.165) is 60.0 Å². The number of likely N-dealkylation sites (tertiary alicyclic amines) is 1. The highest BCUT2D eigenvalue weighted by Crippen LogP contribution is 2.35. The zero-order chi connectivity index (χ0) is 21.9. The lowest BCUT2D eigenvalue weighted by molar-refractivity contribution is 0.319. The maximum atomic E-state index is 9.22. The van der Waals surface area contributed by atoms with Crippen LogP contribution in [0.5, 0.6) is 0 Å². The minimum atomic E-state index is 0.566. The number of fused-ring (bicyclic) bond motifs is 1. The third-order valence-electron chi connectivity index (χ3n) is 6.51. The standard InChI is InChI=1S/C24H27N7S/c1-29-23(21-8-2-3-10-26-21)27-28-24(29)32-13-5-11-30-16-19-9-12-31(22(19)17-30)20-7-4-6-18(14-20)15-25/h2-4,6-8,10,14,19,22H,5,9,11-13,16-17H2,1H3. The lowest BCUT2D eigenvalue weighted by Crippen LogP contribution is -2.35. The second-order valence-corrected chi connectivity index (χ2v) is 9.58. The zero-order valence-electron chi connectivity index (χ0n) is 18.3. The van der Waals surface area contributed by atoms with E-state index in [2.05, 4.69) is 37.1 Å². The van der Waals surface area contributed by atoms with E-state index in [1.807, 2.05) is 48.0 Å². The Morgan fingerprint density at radius 1 is 1.16 bits per heavy atom. The molecule has 0 radical (unpaired) electrons. The van der Waals surface area contributed by atoms with Crippen molar-refractivity contribution in [3.63, 3.8) is 0 Å². The van der Waals surface area contributed by atoms with Crippen molar-refractivity contribution in [3.8, 4) is 17.6 Å². The van der Waals surface area contributed by atoms with Gasteiger partial charge < -0.3 is 14.4 Å². The molecule has 2 aromatic heterocycles. The van der Waals surface area contributed by atoms with Gasteiger partial charge in [-0.15, -0.1) is 10.2 Å². The van der Waals surface area contributed by atoms with Crippen LogP contribution in [-0.4, -0.2) is 62.6 Å². The number of rotatable bonds is 7. The van der Waals surface area contributed by atoms with Gasteiger partial charge in [0.2, 0.25) is 0 Å². The SMILES string of the molecule is Cn1c(SCCCN2CC3CCN(c4cccc(C#N)c4)C3C2)nnc1-c1ccccn1. The minimum Gasteiger partial charge on any atom is -0.367 e. The Kier molecular flexibility index (Phi) is 6.10. The topological polar surface area (TPSA) is 73.9 Å².